The lowest BCUT2D eigenvalue weighted by atomic mass is 9.82. The van der Waals surface area contributed by atoms with E-state index in [1.54, 1.807) is 0 Å². The minimum Gasteiger partial charge on any atom is -0.308 e. The summed E-state index contributed by atoms with van der Waals surface area (Å²) in [5, 5.41) is 5.03. The minimum atomic E-state index is -0.0942. The molecule has 0 unspecified atom stereocenters. The Labute approximate surface area is 266 Å². The molecule has 2 heterocycles. The lowest BCUT2D eigenvalue weighted by molar-refractivity contribution is 0.660. The second-order valence-corrected chi connectivity index (χ2v) is 13.6. The van der Waals surface area contributed by atoms with Crippen LogP contribution in [-0.4, -0.2) is 4.98 Å². The normalized spacial score (nSPS) is 13.3. The van der Waals surface area contributed by atoms with Crippen LogP contribution in [-0.2, 0) is 5.41 Å². The largest absolute Gasteiger partial charge is 0.308 e. The number of aromatic nitrogens is 1. The zero-order chi connectivity index (χ0) is 30.1. The summed E-state index contributed by atoms with van der Waals surface area (Å²) >= 11 is 1.82. The third-order valence-corrected chi connectivity index (χ3v) is 10.6. The third kappa shape index (κ3) is 4.04. The zero-order valence-corrected chi connectivity index (χ0v) is 26.0. The topological polar surface area (TPSA) is 16.1 Å². The molecule has 214 valence electrons. The van der Waals surface area contributed by atoms with Crippen LogP contribution in [0.3, 0.4) is 0 Å². The number of benzene rings is 6. The minimum absolute atomic E-state index is 0.0942. The van der Waals surface area contributed by atoms with E-state index in [0.717, 1.165) is 17.1 Å². The first-order valence-electron chi connectivity index (χ1n) is 15.5. The molecule has 0 fully saturated rings. The van der Waals surface area contributed by atoms with Crippen LogP contribution in [0.5, 0.6) is 0 Å². The quantitative estimate of drug-likeness (QED) is 0.201. The number of thiophene rings is 1. The van der Waals surface area contributed by atoms with Gasteiger partial charge in [0.05, 0.1) is 16.6 Å². The number of anilines is 3. The van der Waals surface area contributed by atoms with Gasteiger partial charge >= 0.3 is 0 Å². The van der Waals surface area contributed by atoms with E-state index >= 15 is 0 Å². The Kier molecular flexibility index (Phi) is 5.75. The molecule has 1 aliphatic carbocycles. The van der Waals surface area contributed by atoms with Gasteiger partial charge < -0.3 is 4.90 Å². The van der Waals surface area contributed by atoms with Crippen molar-refractivity contribution in [3.8, 4) is 22.3 Å². The fourth-order valence-electron chi connectivity index (χ4n) is 7.26. The van der Waals surface area contributed by atoms with Crippen molar-refractivity contribution in [2.24, 2.45) is 0 Å². The first kappa shape index (κ1) is 26.2. The predicted molar refractivity (Wildman–Crippen MR) is 192 cm³/mol. The molecule has 0 saturated carbocycles. The molecular weight excluding hydrogens is 565 g/mol. The van der Waals surface area contributed by atoms with Crippen molar-refractivity contribution < 1.29 is 0 Å². The van der Waals surface area contributed by atoms with Gasteiger partial charge in [0.2, 0.25) is 0 Å². The molecule has 2 aromatic heterocycles. The second-order valence-electron chi connectivity index (χ2n) is 12.5. The van der Waals surface area contributed by atoms with E-state index in [1.165, 1.54) is 64.3 Å². The molecule has 0 aliphatic heterocycles. The van der Waals surface area contributed by atoms with Crippen molar-refractivity contribution in [2.45, 2.75) is 19.3 Å². The molecule has 0 spiro atoms. The van der Waals surface area contributed by atoms with E-state index < -0.39 is 0 Å². The summed E-state index contributed by atoms with van der Waals surface area (Å²) in [6.45, 7) is 4.69. The molecule has 0 N–H and O–H groups in total. The summed E-state index contributed by atoms with van der Waals surface area (Å²) < 4.78 is 2.47. The first-order valence-corrected chi connectivity index (χ1v) is 16.3. The van der Waals surface area contributed by atoms with E-state index in [0.29, 0.717) is 0 Å². The van der Waals surface area contributed by atoms with Crippen molar-refractivity contribution in [2.75, 3.05) is 4.90 Å². The van der Waals surface area contributed by atoms with E-state index in [9.17, 15) is 0 Å². The van der Waals surface area contributed by atoms with Gasteiger partial charge in [0.1, 0.15) is 0 Å². The van der Waals surface area contributed by atoms with Crippen molar-refractivity contribution in [3.63, 3.8) is 0 Å². The second kappa shape index (κ2) is 9.88. The third-order valence-electron chi connectivity index (χ3n) is 9.53. The summed E-state index contributed by atoms with van der Waals surface area (Å²) in [6, 6.07) is 48.7. The number of rotatable bonds is 4. The van der Waals surface area contributed by atoms with Crippen molar-refractivity contribution in [1.29, 1.82) is 0 Å². The van der Waals surface area contributed by atoms with E-state index in [2.05, 4.69) is 152 Å². The molecule has 0 radical (unpaired) electrons. The van der Waals surface area contributed by atoms with Crippen LogP contribution < -0.4 is 4.90 Å². The van der Waals surface area contributed by atoms with Gasteiger partial charge in [-0.15, -0.1) is 11.3 Å². The molecule has 45 heavy (non-hydrogen) atoms. The predicted octanol–water partition coefficient (Wildman–Crippen LogP) is 12.0. The van der Waals surface area contributed by atoms with Gasteiger partial charge in [-0.25, -0.2) is 0 Å². The Balaban J connectivity index is 1.29. The number of hydrogen-bond donors (Lipinski definition) is 0. The van der Waals surface area contributed by atoms with Crippen LogP contribution in [0.25, 0.3) is 53.2 Å². The van der Waals surface area contributed by atoms with E-state index in [1.807, 2.05) is 23.7 Å². The Bertz CT molecular complexity index is 2400. The summed E-state index contributed by atoms with van der Waals surface area (Å²) in [4.78, 5) is 7.22. The average molecular weight is 595 g/mol. The molecule has 1 aliphatic rings. The fourth-order valence-corrected chi connectivity index (χ4v) is 8.38. The Morgan fingerprint density at radius 1 is 0.556 bits per heavy atom. The summed E-state index contributed by atoms with van der Waals surface area (Å²) in [5.41, 5.74) is 11.1. The zero-order valence-electron chi connectivity index (χ0n) is 25.2. The number of nitrogens with zero attached hydrogens (tertiary/aromatic N) is 2. The van der Waals surface area contributed by atoms with Crippen molar-refractivity contribution >= 4 is 59.3 Å². The monoisotopic (exact) mass is 594 g/mol. The molecule has 0 amide bonds. The molecule has 2 nitrogen and oxygen atoms in total. The van der Waals surface area contributed by atoms with Gasteiger partial charge in [-0.1, -0.05) is 111 Å². The summed E-state index contributed by atoms with van der Waals surface area (Å²) in [7, 11) is 0. The fraction of sp³-hybridized carbons (Fsp3) is 0.0714. The molecular formula is C42H30N2S. The Morgan fingerprint density at radius 3 is 2.04 bits per heavy atom. The highest BCUT2D eigenvalue weighted by atomic mass is 32.1. The lowest BCUT2D eigenvalue weighted by Gasteiger charge is -2.28. The van der Waals surface area contributed by atoms with Gasteiger partial charge in [-0.2, -0.15) is 0 Å². The Morgan fingerprint density at radius 2 is 1.22 bits per heavy atom. The summed E-state index contributed by atoms with van der Waals surface area (Å²) in [5.74, 6) is 0. The molecule has 6 aromatic carbocycles. The summed E-state index contributed by atoms with van der Waals surface area (Å²) in [6.07, 6.45) is 4.06. The molecule has 8 aromatic rings. The molecule has 0 saturated heterocycles. The maximum atomic E-state index is 4.82. The van der Waals surface area contributed by atoms with Gasteiger partial charge in [-0.05, 0) is 80.6 Å². The van der Waals surface area contributed by atoms with Crippen LogP contribution in [0, 0.1) is 0 Å². The number of hydrogen-bond acceptors (Lipinski definition) is 3. The molecule has 3 heteroatoms. The van der Waals surface area contributed by atoms with Gasteiger partial charge in [0, 0.05) is 38.5 Å². The Hall–Kier alpha value is -5.25. The highest BCUT2D eigenvalue weighted by Gasteiger charge is 2.36. The SMILES string of the molecule is CC1(C)c2ccccc2-c2ccc(N(c3ccc(-c4ccccc4)cc3)c3cncc4sc5cc6ccccc6cc5c34)cc21. The first-order chi connectivity index (χ1) is 22.1. The highest BCUT2D eigenvalue weighted by Crippen LogP contribution is 2.51. The van der Waals surface area contributed by atoms with Crippen LogP contribution in [0.15, 0.2) is 146 Å². The number of fused-ring (bicyclic) bond motifs is 7. The van der Waals surface area contributed by atoms with Gasteiger partial charge in [0.15, 0.2) is 0 Å². The smallest absolute Gasteiger partial charge is 0.0738 e. The number of pyridine rings is 1. The van der Waals surface area contributed by atoms with Gasteiger partial charge in [-0.3, -0.25) is 4.98 Å². The van der Waals surface area contributed by atoms with Crippen molar-refractivity contribution in [3.05, 3.63) is 157 Å². The highest BCUT2D eigenvalue weighted by molar-refractivity contribution is 7.26. The molecule has 0 bridgehead atoms. The van der Waals surface area contributed by atoms with E-state index in [-0.39, 0.29) is 5.41 Å². The average Bonchev–Trinajstić information content (AvgIpc) is 3.56. The van der Waals surface area contributed by atoms with Crippen LogP contribution >= 0.6 is 11.3 Å². The standard InChI is InChI=1S/C42H30N2S/c1-42(2)36-15-9-8-14-33(36)34-21-20-32(24-37(34)42)44(31-18-16-28(17-19-31)27-10-4-3-5-11-27)38-25-43-26-40-41(38)35-22-29-12-6-7-13-30(29)23-39(35)45-40/h3-26H,1-2H3. The molecule has 9 rings (SSSR count). The lowest BCUT2D eigenvalue weighted by Crippen LogP contribution is -2.16. The van der Waals surface area contributed by atoms with Crippen molar-refractivity contribution in [1.82, 2.24) is 4.98 Å². The van der Waals surface area contributed by atoms with Gasteiger partial charge in [0.25, 0.3) is 0 Å². The van der Waals surface area contributed by atoms with Crippen LogP contribution in [0.2, 0.25) is 0 Å². The van der Waals surface area contributed by atoms with E-state index in [4.69, 9.17) is 4.98 Å². The maximum absolute atomic E-state index is 4.82. The van der Waals surface area contributed by atoms with Crippen LogP contribution in [0.1, 0.15) is 25.0 Å². The van der Waals surface area contributed by atoms with Crippen LogP contribution in [0.4, 0.5) is 17.1 Å². The maximum Gasteiger partial charge on any atom is 0.0738 e. The molecule has 0 atom stereocenters.